The maximum Gasteiger partial charge on any atom is 0.225 e. The Hall–Kier alpha value is -1.46. The molecule has 0 aliphatic carbocycles. The average Bonchev–Trinajstić information content (AvgIpc) is 2.45. The van der Waals surface area contributed by atoms with Gasteiger partial charge in [-0.2, -0.15) is 0 Å². The van der Waals surface area contributed by atoms with Crippen LogP contribution < -0.4 is 5.32 Å². The number of carbonyl (C=O) groups excluding carboxylic acids is 1. The first-order chi connectivity index (χ1) is 10.2. The van der Waals surface area contributed by atoms with E-state index >= 15 is 0 Å². The van der Waals surface area contributed by atoms with E-state index < -0.39 is 0 Å². The molecule has 0 aliphatic heterocycles. The number of hydrogen-bond acceptors (Lipinski definition) is 3. The molecule has 118 valence electrons. The lowest BCUT2D eigenvalue weighted by Crippen LogP contribution is -2.31. The number of anilines is 1. The molecule has 0 spiro atoms. The molecule has 21 heavy (non-hydrogen) atoms. The normalized spacial score (nSPS) is 10.9. The van der Waals surface area contributed by atoms with Gasteiger partial charge in [0.15, 0.2) is 0 Å². The summed E-state index contributed by atoms with van der Waals surface area (Å²) in [6, 6.07) is 5.86. The van der Waals surface area contributed by atoms with Gasteiger partial charge in [0.1, 0.15) is 5.82 Å². The summed E-state index contributed by atoms with van der Waals surface area (Å²) in [5, 5.41) is 11.7. The molecule has 0 aliphatic rings. The molecular formula is C16H25FN2O2. The molecule has 5 heteroatoms. The fourth-order valence-electron chi connectivity index (χ4n) is 2.11. The Morgan fingerprint density at radius 2 is 2.10 bits per heavy atom. The zero-order chi connectivity index (χ0) is 15.5. The maximum absolute atomic E-state index is 13.0. The number of nitrogens with one attached hydrogen (secondary N) is 1. The largest absolute Gasteiger partial charge is 0.395 e. The molecule has 0 saturated heterocycles. The SMILES string of the molecule is CCCCCN(CCO)CCC(=O)Nc1cccc(F)c1. The van der Waals surface area contributed by atoms with Crippen LogP contribution in [0.15, 0.2) is 24.3 Å². The van der Waals surface area contributed by atoms with Gasteiger partial charge in [-0.3, -0.25) is 4.79 Å². The van der Waals surface area contributed by atoms with Crippen LogP contribution in [0, 0.1) is 5.82 Å². The third kappa shape index (κ3) is 7.78. The van der Waals surface area contributed by atoms with E-state index in [4.69, 9.17) is 5.11 Å². The standard InChI is InChI=1S/C16H25FN2O2/c1-2-3-4-9-19(11-12-20)10-8-16(21)18-15-7-5-6-14(17)13-15/h5-7,13,20H,2-4,8-12H2,1H3,(H,18,21). The van der Waals surface area contributed by atoms with E-state index in [1.54, 1.807) is 12.1 Å². The number of aliphatic hydroxyl groups excluding tert-OH is 1. The number of carbonyl (C=O) groups is 1. The predicted octanol–water partition coefficient (Wildman–Crippen LogP) is 2.64. The molecule has 0 fully saturated rings. The van der Waals surface area contributed by atoms with E-state index in [1.807, 2.05) is 0 Å². The Morgan fingerprint density at radius 3 is 2.76 bits per heavy atom. The van der Waals surface area contributed by atoms with Crippen LogP contribution in [0.1, 0.15) is 32.6 Å². The minimum absolute atomic E-state index is 0.0949. The van der Waals surface area contributed by atoms with Crippen molar-refractivity contribution in [2.75, 3.05) is 31.6 Å². The highest BCUT2D eigenvalue weighted by atomic mass is 19.1. The van der Waals surface area contributed by atoms with Crippen molar-refractivity contribution < 1.29 is 14.3 Å². The number of hydrogen-bond donors (Lipinski definition) is 2. The summed E-state index contributed by atoms with van der Waals surface area (Å²) in [4.78, 5) is 13.9. The number of aliphatic hydroxyl groups is 1. The second kappa shape index (κ2) is 10.3. The number of amides is 1. The van der Waals surface area contributed by atoms with Crippen LogP contribution in [0.5, 0.6) is 0 Å². The quantitative estimate of drug-likeness (QED) is 0.653. The van der Waals surface area contributed by atoms with Gasteiger partial charge in [-0.05, 0) is 31.2 Å². The first kappa shape index (κ1) is 17.6. The van der Waals surface area contributed by atoms with Crippen LogP contribution in [0.3, 0.4) is 0 Å². The summed E-state index contributed by atoms with van der Waals surface area (Å²) >= 11 is 0. The lowest BCUT2D eigenvalue weighted by Gasteiger charge is -2.20. The van der Waals surface area contributed by atoms with Crippen LogP contribution >= 0.6 is 0 Å². The molecule has 4 nitrogen and oxygen atoms in total. The lowest BCUT2D eigenvalue weighted by atomic mass is 10.2. The van der Waals surface area contributed by atoms with Crippen molar-refractivity contribution in [2.24, 2.45) is 0 Å². The lowest BCUT2D eigenvalue weighted by molar-refractivity contribution is -0.116. The predicted molar refractivity (Wildman–Crippen MR) is 82.7 cm³/mol. The topological polar surface area (TPSA) is 52.6 Å². The summed E-state index contributed by atoms with van der Waals surface area (Å²) in [7, 11) is 0. The van der Waals surface area contributed by atoms with E-state index in [1.165, 1.54) is 12.1 Å². The molecule has 2 N–H and O–H groups in total. The van der Waals surface area contributed by atoms with Crippen LogP contribution in [-0.2, 0) is 4.79 Å². The first-order valence-electron chi connectivity index (χ1n) is 7.54. The fraction of sp³-hybridized carbons (Fsp3) is 0.562. The Labute approximate surface area is 126 Å². The molecule has 0 bridgehead atoms. The Bertz CT molecular complexity index is 426. The van der Waals surface area contributed by atoms with Crippen molar-refractivity contribution in [3.63, 3.8) is 0 Å². The first-order valence-corrected chi connectivity index (χ1v) is 7.54. The number of halogens is 1. The van der Waals surface area contributed by atoms with Crippen molar-refractivity contribution in [3.8, 4) is 0 Å². The van der Waals surface area contributed by atoms with Gasteiger partial charge in [0.05, 0.1) is 6.61 Å². The highest BCUT2D eigenvalue weighted by Gasteiger charge is 2.08. The minimum atomic E-state index is -0.366. The molecule has 0 atom stereocenters. The fourth-order valence-corrected chi connectivity index (χ4v) is 2.11. The third-order valence-corrected chi connectivity index (χ3v) is 3.26. The number of nitrogens with zero attached hydrogens (tertiary/aromatic N) is 1. The van der Waals surface area contributed by atoms with E-state index in [0.29, 0.717) is 25.2 Å². The van der Waals surface area contributed by atoms with Gasteiger partial charge in [-0.25, -0.2) is 4.39 Å². The van der Waals surface area contributed by atoms with Gasteiger partial charge < -0.3 is 15.3 Å². The van der Waals surface area contributed by atoms with E-state index in [9.17, 15) is 9.18 Å². The molecule has 0 radical (unpaired) electrons. The van der Waals surface area contributed by atoms with Crippen LogP contribution in [0.4, 0.5) is 10.1 Å². The zero-order valence-electron chi connectivity index (χ0n) is 12.6. The molecular weight excluding hydrogens is 271 g/mol. The Morgan fingerprint density at radius 1 is 1.29 bits per heavy atom. The van der Waals surface area contributed by atoms with Gasteiger partial charge in [0, 0.05) is 25.2 Å². The molecule has 0 unspecified atom stereocenters. The second-order valence-corrected chi connectivity index (χ2v) is 5.08. The van der Waals surface area contributed by atoms with Crippen LogP contribution in [-0.4, -0.2) is 42.2 Å². The summed E-state index contributed by atoms with van der Waals surface area (Å²) in [5.74, 6) is -0.506. The Balaban J connectivity index is 2.34. The van der Waals surface area contributed by atoms with Crippen LogP contribution in [0.2, 0.25) is 0 Å². The van der Waals surface area contributed by atoms with Gasteiger partial charge in [-0.1, -0.05) is 25.8 Å². The average molecular weight is 296 g/mol. The minimum Gasteiger partial charge on any atom is -0.395 e. The molecule has 0 heterocycles. The number of rotatable bonds is 10. The smallest absolute Gasteiger partial charge is 0.225 e. The molecule has 1 rings (SSSR count). The summed E-state index contributed by atoms with van der Waals surface area (Å²) in [6.07, 6.45) is 3.70. The molecule has 1 aromatic carbocycles. The summed E-state index contributed by atoms with van der Waals surface area (Å²) in [5.41, 5.74) is 0.472. The second-order valence-electron chi connectivity index (χ2n) is 5.08. The van der Waals surface area contributed by atoms with Crippen molar-refractivity contribution in [2.45, 2.75) is 32.6 Å². The van der Waals surface area contributed by atoms with E-state index in [-0.39, 0.29) is 18.3 Å². The maximum atomic E-state index is 13.0. The van der Waals surface area contributed by atoms with Crippen LogP contribution in [0.25, 0.3) is 0 Å². The highest BCUT2D eigenvalue weighted by molar-refractivity contribution is 5.90. The van der Waals surface area contributed by atoms with Gasteiger partial charge in [-0.15, -0.1) is 0 Å². The zero-order valence-corrected chi connectivity index (χ0v) is 12.6. The van der Waals surface area contributed by atoms with Gasteiger partial charge in [0.25, 0.3) is 0 Å². The Kier molecular flexibility index (Phi) is 8.62. The molecule has 1 amide bonds. The summed E-state index contributed by atoms with van der Waals surface area (Å²) in [6.45, 7) is 4.31. The van der Waals surface area contributed by atoms with Crippen molar-refractivity contribution >= 4 is 11.6 Å². The van der Waals surface area contributed by atoms with E-state index in [2.05, 4.69) is 17.1 Å². The summed E-state index contributed by atoms with van der Waals surface area (Å²) < 4.78 is 13.0. The van der Waals surface area contributed by atoms with Crippen molar-refractivity contribution in [1.82, 2.24) is 4.90 Å². The van der Waals surface area contributed by atoms with E-state index in [0.717, 1.165) is 25.8 Å². The number of unbranched alkanes of at least 4 members (excludes halogenated alkanes) is 2. The third-order valence-electron chi connectivity index (χ3n) is 3.26. The van der Waals surface area contributed by atoms with Gasteiger partial charge >= 0.3 is 0 Å². The van der Waals surface area contributed by atoms with Crippen molar-refractivity contribution in [1.29, 1.82) is 0 Å². The van der Waals surface area contributed by atoms with Crippen molar-refractivity contribution in [3.05, 3.63) is 30.1 Å². The van der Waals surface area contributed by atoms with Gasteiger partial charge in [0.2, 0.25) is 5.91 Å². The monoisotopic (exact) mass is 296 g/mol. The molecule has 1 aromatic rings. The molecule has 0 aromatic heterocycles. The molecule has 0 saturated carbocycles. The number of benzene rings is 1. The highest BCUT2D eigenvalue weighted by Crippen LogP contribution is 2.09.